The minimum Gasteiger partial charge on any atom is -0.461 e. The Morgan fingerprint density at radius 1 is 0.909 bits per heavy atom. The molecule has 2 aromatic heterocycles. The van der Waals surface area contributed by atoms with E-state index >= 15 is 0 Å². The summed E-state index contributed by atoms with van der Waals surface area (Å²) in [5.74, 6) is -0.357. The fourth-order valence-corrected chi connectivity index (χ4v) is 5.00. The van der Waals surface area contributed by atoms with E-state index in [0.29, 0.717) is 17.2 Å². The molecule has 0 saturated heterocycles. The standard InChI is InChI=1S/C28H30N2O2S/c1-2-3-4-5-6-13-18-32-28(31)26-25(29)24-22(20-14-9-7-10-15-20)19-23(30-27(24)33-26)21-16-11-8-12-17-21/h7-12,14-17,19H,2-6,13,18,29H2,1H3. The van der Waals surface area contributed by atoms with Crippen molar-refractivity contribution < 1.29 is 9.53 Å². The first-order valence-electron chi connectivity index (χ1n) is 11.7. The summed E-state index contributed by atoms with van der Waals surface area (Å²) in [7, 11) is 0. The number of rotatable bonds is 10. The molecule has 0 bridgehead atoms. The maximum atomic E-state index is 12.9. The van der Waals surface area contributed by atoms with Gasteiger partial charge in [-0.2, -0.15) is 0 Å². The van der Waals surface area contributed by atoms with E-state index in [0.717, 1.165) is 45.4 Å². The van der Waals surface area contributed by atoms with Crippen molar-refractivity contribution >= 4 is 33.2 Å². The van der Waals surface area contributed by atoms with Crippen molar-refractivity contribution in [1.82, 2.24) is 4.98 Å². The van der Waals surface area contributed by atoms with E-state index in [1.807, 2.05) is 48.5 Å². The molecule has 4 rings (SSSR count). The summed E-state index contributed by atoms with van der Waals surface area (Å²) in [6, 6.07) is 22.2. The average molecular weight is 459 g/mol. The number of ether oxygens (including phenoxy) is 1. The number of carbonyl (C=O) groups excluding carboxylic acids is 1. The fraction of sp³-hybridized carbons (Fsp3) is 0.286. The summed E-state index contributed by atoms with van der Waals surface area (Å²) in [6.45, 7) is 2.63. The summed E-state index contributed by atoms with van der Waals surface area (Å²) in [5.41, 5.74) is 10.9. The number of unbranched alkanes of at least 4 members (excludes halogenated alkanes) is 5. The quantitative estimate of drug-likeness (QED) is 0.195. The smallest absolute Gasteiger partial charge is 0.350 e. The van der Waals surface area contributed by atoms with Crippen LogP contribution in [0.1, 0.15) is 55.1 Å². The zero-order valence-corrected chi connectivity index (χ0v) is 19.9. The lowest BCUT2D eigenvalue weighted by Crippen LogP contribution is -2.06. The Balaban J connectivity index is 1.63. The van der Waals surface area contributed by atoms with Gasteiger partial charge in [-0.05, 0) is 23.6 Å². The second kappa shape index (κ2) is 11.1. The van der Waals surface area contributed by atoms with Crippen molar-refractivity contribution in [2.75, 3.05) is 12.3 Å². The molecule has 0 aliphatic carbocycles. The molecule has 0 fully saturated rings. The average Bonchev–Trinajstić information content (AvgIpc) is 3.20. The number of pyridine rings is 1. The minimum absolute atomic E-state index is 0.357. The maximum Gasteiger partial charge on any atom is 0.350 e. The number of nitrogens with two attached hydrogens (primary N) is 1. The number of carbonyl (C=O) groups is 1. The largest absolute Gasteiger partial charge is 0.461 e. The van der Waals surface area contributed by atoms with Crippen molar-refractivity contribution in [3.8, 4) is 22.4 Å². The third-order valence-electron chi connectivity index (χ3n) is 5.77. The van der Waals surface area contributed by atoms with Gasteiger partial charge in [0.1, 0.15) is 9.71 Å². The Labute approximate surface area is 199 Å². The van der Waals surface area contributed by atoms with Gasteiger partial charge in [0.2, 0.25) is 0 Å². The molecule has 170 valence electrons. The molecule has 0 saturated carbocycles. The number of esters is 1. The van der Waals surface area contributed by atoms with Crippen molar-refractivity contribution in [3.63, 3.8) is 0 Å². The number of thiophene rings is 1. The van der Waals surface area contributed by atoms with E-state index in [1.54, 1.807) is 0 Å². The van der Waals surface area contributed by atoms with Gasteiger partial charge in [0.05, 0.1) is 18.0 Å². The van der Waals surface area contributed by atoms with Crippen LogP contribution in [0.3, 0.4) is 0 Å². The molecule has 2 heterocycles. The predicted octanol–water partition coefficient (Wildman–Crippen LogP) is 7.73. The van der Waals surface area contributed by atoms with E-state index < -0.39 is 0 Å². The van der Waals surface area contributed by atoms with Gasteiger partial charge in [0.15, 0.2) is 0 Å². The Hall–Kier alpha value is -3.18. The molecule has 0 aliphatic rings. The van der Waals surface area contributed by atoms with Gasteiger partial charge in [-0.3, -0.25) is 0 Å². The van der Waals surface area contributed by atoms with Crippen LogP contribution in [0.5, 0.6) is 0 Å². The van der Waals surface area contributed by atoms with Crippen LogP contribution in [-0.2, 0) is 4.74 Å². The van der Waals surface area contributed by atoms with Crippen LogP contribution in [0.2, 0.25) is 0 Å². The normalized spacial score (nSPS) is 11.1. The lowest BCUT2D eigenvalue weighted by Gasteiger charge is -2.09. The van der Waals surface area contributed by atoms with Gasteiger partial charge < -0.3 is 10.5 Å². The number of nitrogens with zero attached hydrogens (tertiary/aromatic N) is 1. The summed E-state index contributed by atoms with van der Waals surface area (Å²) in [4.78, 5) is 18.9. The summed E-state index contributed by atoms with van der Waals surface area (Å²) < 4.78 is 5.57. The predicted molar refractivity (Wildman–Crippen MR) is 139 cm³/mol. The highest BCUT2D eigenvalue weighted by Crippen LogP contribution is 2.41. The summed E-state index contributed by atoms with van der Waals surface area (Å²) >= 11 is 1.31. The molecule has 5 heteroatoms. The number of benzene rings is 2. The number of aromatic nitrogens is 1. The number of hydrogen-bond acceptors (Lipinski definition) is 5. The highest BCUT2D eigenvalue weighted by molar-refractivity contribution is 7.21. The van der Waals surface area contributed by atoms with Gasteiger partial charge in [-0.25, -0.2) is 9.78 Å². The third kappa shape index (κ3) is 5.42. The molecule has 0 atom stereocenters. The van der Waals surface area contributed by atoms with Crippen molar-refractivity contribution in [1.29, 1.82) is 0 Å². The Morgan fingerprint density at radius 3 is 2.24 bits per heavy atom. The zero-order valence-electron chi connectivity index (χ0n) is 19.0. The Morgan fingerprint density at radius 2 is 1.55 bits per heavy atom. The van der Waals surface area contributed by atoms with Gasteiger partial charge in [0.25, 0.3) is 0 Å². The summed E-state index contributed by atoms with van der Waals surface area (Å²) in [6.07, 6.45) is 6.88. The molecule has 0 aliphatic heterocycles. The lowest BCUT2D eigenvalue weighted by molar-refractivity contribution is 0.0504. The Kier molecular flexibility index (Phi) is 7.74. The van der Waals surface area contributed by atoms with Crippen LogP contribution >= 0.6 is 11.3 Å². The molecule has 4 aromatic rings. The second-order valence-electron chi connectivity index (χ2n) is 8.22. The molecule has 0 unspecified atom stereocenters. The number of nitrogen functional groups attached to an aromatic ring is 1. The molecule has 0 radical (unpaired) electrons. The SMILES string of the molecule is CCCCCCCCOC(=O)c1sc2nc(-c3ccccc3)cc(-c3ccccc3)c2c1N. The van der Waals surface area contributed by atoms with E-state index in [2.05, 4.69) is 25.1 Å². The molecule has 33 heavy (non-hydrogen) atoms. The molecular weight excluding hydrogens is 428 g/mol. The molecule has 2 N–H and O–H groups in total. The first-order valence-corrected chi connectivity index (χ1v) is 12.5. The molecule has 4 nitrogen and oxygen atoms in total. The molecule has 2 aromatic carbocycles. The summed E-state index contributed by atoms with van der Waals surface area (Å²) in [5, 5.41) is 0.817. The Bertz CT molecular complexity index is 1200. The highest BCUT2D eigenvalue weighted by atomic mass is 32.1. The monoisotopic (exact) mass is 458 g/mol. The first-order chi connectivity index (χ1) is 16.2. The maximum absolute atomic E-state index is 12.9. The van der Waals surface area contributed by atoms with Crippen LogP contribution in [0.4, 0.5) is 5.69 Å². The van der Waals surface area contributed by atoms with Gasteiger partial charge in [-0.1, -0.05) is 99.7 Å². The molecule has 0 amide bonds. The van der Waals surface area contributed by atoms with E-state index in [-0.39, 0.29) is 5.97 Å². The van der Waals surface area contributed by atoms with Crippen molar-refractivity contribution in [2.45, 2.75) is 45.4 Å². The third-order valence-corrected chi connectivity index (χ3v) is 6.85. The van der Waals surface area contributed by atoms with E-state index in [9.17, 15) is 4.79 Å². The lowest BCUT2D eigenvalue weighted by atomic mass is 9.99. The minimum atomic E-state index is -0.357. The highest BCUT2D eigenvalue weighted by Gasteiger charge is 2.22. The zero-order chi connectivity index (χ0) is 23.0. The van der Waals surface area contributed by atoms with Crippen LogP contribution in [-0.4, -0.2) is 17.6 Å². The second-order valence-corrected chi connectivity index (χ2v) is 9.21. The van der Waals surface area contributed by atoms with E-state index in [4.69, 9.17) is 15.5 Å². The number of hydrogen-bond donors (Lipinski definition) is 1. The number of anilines is 1. The van der Waals surface area contributed by atoms with Gasteiger partial charge >= 0.3 is 5.97 Å². The van der Waals surface area contributed by atoms with E-state index in [1.165, 1.54) is 37.0 Å². The van der Waals surface area contributed by atoms with Gasteiger partial charge in [-0.15, -0.1) is 11.3 Å². The fourth-order valence-electron chi connectivity index (χ4n) is 3.99. The van der Waals surface area contributed by atoms with Crippen LogP contribution in [0.15, 0.2) is 66.7 Å². The van der Waals surface area contributed by atoms with Crippen LogP contribution in [0, 0.1) is 0 Å². The van der Waals surface area contributed by atoms with Crippen LogP contribution < -0.4 is 5.73 Å². The first kappa shape index (κ1) is 23.0. The topological polar surface area (TPSA) is 65.2 Å². The van der Waals surface area contributed by atoms with Crippen molar-refractivity contribution in [3.05, 3.63) is 71.6 Å². The molecular formula is C28H30N2O2S. The molecule has 0 spiro atoms. The van der Waals surface area contributed by atoms with Crippen molar-refractivity contribution in [2.24, 2.45) is 0 Å². The van der Waals surface area contributed by atoms with Crippen LogP contribution in [0.25, 0.3) is 32.6 Å². The van der Waals surface area contributed by atoms with Gasteiger partial charge in [0, 0.05) is 10.9 Å². The number of fused-ring (bicyclic) bond motifs is 1.